The van der Waals surface area contributed by atoms with E-state index in [1.807, 2.05) is 0 Å². The fourth-order valence-electron chi connectivity index (χ4n) is 1.30. The lowest BCUT2D eigenvalue weighted by Crippen LogP contribution is -1.93. The second-order valence-corrected chi connectivity index (χ2v) is 4.05. The summed E-state index contributed by atoms with van der Waals surface area (Å²) >= 11 is 3.29. The monoisotopic (exact) mass is 296 g/mol. The molecule has 7 heteroatoms. The van der Waals surface area contributed by atoms with Crippen LogP contribution in [0.1, 0.15) is 5.56 Å². The van der Waals surface area contributed by atoms with Crippen LogP contribution in [0.15, 0.2) is 34.4 Å². The highest BCUT2D eigenvalue weighted by Crippen LogP contribution is 2.32. The number of rotatable bonds is 3. The normalized spacial score (nSPS) is 10.9. The SMILES string of the molecule is COc1c(O)cc(Br)cc1/C=N/n1cnnc1. The largest absolute Gasteiger partial charge is 0.504 e. The second-order valence-electron chi connectivity index (χ2n) is 3.13. The van der Waals surface area contributed by atoms with E-state index in [0.29, 0.717) is 11.3 Å². The number of aromatic nitrogens is 3. The summed E-state index contributed by atoms with van der Waals surface area (Å²) in [5, 5.41) is 21.0. The van der Waals surface area contributed by atoms with Crippen LogP contribution in [-0.2, 0) is 0 Å². The zero-order valence-electron chi connectivity index (χ0n) is 8.91. The van der Waals surface area contributed by atoms with Gasteiger partial charge in [-0.25, -0.2) is 4.68 Å². The van der Waals surface area contributed by atoms with E-state index >= 15 is 0 Å². The molecule has 0 amide bonds. The summed E-state index contributed by atoms with van der Waals surface area (Å²) in [6.45, 7) is 0. The highest BCUT2D eigenvalue weighted by molar-refractivity contribution is 9.10. The topological polar surface area (TPSA) is 72.5 Å². The Labute approximate surface area is 106 Å². The van der Waals surface area contributed by atoms with Gasteiger partial charge >= 0.3 is 0 Å². The molecule has 0 bridgehead atoms. The Kier molecular flexibility index (Phi) is 3.38. The number of hydrogen-bond acceptors (Lipinski definition) is 5. The standard InChI is InChI=1S/C10H9BrN4O2/c1-17-10-7(2-8(11)3-9(10)16)4-14-15-5-12-13-6-15/h2-6,16H,1H3/b14-4+. The van der Waals surface area contributed by atoms with Crippen LogP contribution < -0.4 is 4.74 Å². The number of halogens is 1. The zero-order valence-corrected chi connectivity index (χ0v) is 10.5. The molecule has 1 heterocycles. The lowest BCUT2D eigenvalue weighted by atomic mass is 10.2. The number of ether oxygens (including phenoxy) is 1. The molecule has 0 atom stereocenters. The van der Waals surface area contributed by atoms with Crippen molar-refractivity contribution in [1.29, 1.82) is 0 Å². The predicted octanol–water partition coefficient (Wildman–Crippen LogP) is 1.64. The molecule has 0 aliphatic carbocycles. The van der Waals surface area contributed by atoms with E-state index in [1.165, 1.54) is 24.4 Å². The average molecular weight is 297 g/mol. The number of hydrogen-bond donors (Lipinski definition) is 1. The van der Waals surface area contributed by atoms with Crippen LogP contribution in [0, 0.1) is 0 Å². The number of nitrogens with zero attached hydrogens (tertiary/aromatic N) is 4. The van der Waals surface area contributed by atoms with E-state index in [0.717, 1.165) is 4.47 Å². The molecule has 0 spiro atoms. The van der Waals surface area contributed by atoms with Crippen molar-refractivity contribution in [1.82, 2.24) is 14.9 Å². The molecule has 0 aliphatic rings. The van der Waals surface area contributed by atoms with Gasteiger partial charge in [0.1, 0.15) is 12.7 Å². The molecule has 0 unspecified atom stereocenters. The number of aromatic hydroxyl groups is 1. The maximum atomic E-state index is 9.68. The molecule has 2 aromatic rings. The van der Waals surface area contributed by atoms with Gasteiger partial charge in [0.05, 0.1) is 13.3 Å². The third kappa shape index (κ3) is 2.62. The van der Waals surface area contributed by atoms with Gasteiger partial charge in [0.15, 0.2) is 11.5 Å². The smallest absolute Gasteiger partial charge is 0.169 e. The van der Waals surface area contributed by atoms with E-state index in [-0.39, 0.29) is 5.75 Å². The van der Waals surface area contributed by atoms with Crippen LogP contribution in [-0.4, -0.2) is 33.3 Å². The lowest BCUT2D eigenvalue weighted by molar-refractivity contribution is 0.372. The number of phenols is 1. The van der Waals surface area contributed by atoms with E-state index < -0.39 is 0 Å². The zero-order chi connectivity index (χ0) is 12.3. The van der Waals surface area contributed by atoms with Gasteiger partial charge in [-0.15, -0.1) is 10.2 Å². The summed E-state index contributed by atoms with van der Waals surface area (Å²) in [5.74, 6) is 0.414. The van der Waals surface area contributed by atoms with E-state index in [1.54, 1.807) is 18.3 Å². The van der Waals surface area contributed by atoms with E-state index in [2.05, 4.69) is 31.2 Å². The molecule has 0 fully saturated rings. The van der Waals surface area contributed by atoms with Crippen molar-refractivity contribution in [2.45, 2.75) is 0 Å². The molecule has 17 heavy (non-hydrogen) atoms. The summed E-state index contributed by atoms with van der Waals surface area (Å²) in [6.07, 6.45) is 4.47. The summed E-state index contributed by atoms with van der Waals surface area (Å²) in [6, 6.07) is 3.33. The van der Waals surface area contributed by atoms with Crippen LogP contribution in [0.5, 0.6) is 11.5 Å². The van der Waals surface area contributed by atoms with Crippen molar-refractivity contribution in [2.24, 2.45) is 5.10 Å². The van der Waals surface area contributed by atoms with Crippen molar-refractivity contribution < 1.29 is 9.84 Å². The Morgan fingerprint density at radius 1 is 1.41 bits per heavy atom. The molecule has 1 aromatic carbocycles. The Hall–Kier alpha value is -1.89. The summed E-state index contributed by atoms with van der Waals surface area (Å²) in [5.41, 5.74) is 0.646. The quantitative estimate of drug-likeness (QED) is 0.874. The van der Waals surface area contributed by atoms with Crippen LogP contribution in [0.4, 0.5) is 0 Å². The molecular formula is C10H9BrN4O2. The van der Waals surface area contributed by atoms with Gasteiger partial charge in [-0.2, -0.15) is 5.10 Å². The molecule has 1 aromatic heterocycles. The molecule has 0 radical (unpaired) electrons. The van der Waals surface area contributed by atoms with Crippen molar-refractivity contribution in [3.8, 4) is 11.5 Å². The minimum atomic E-state index is 0.0482. The van der Waals surface area contributed by atoms with Gasteiger partial charge in [-0.05, 0) is 12.1 Å². The first-order chi connectivity index (χ1) is 8.20. The molecule has 1 N–H and O–H groups in total. The third-order valence-electron chi connectivity index (χ3n) is 2.00. The average Bonchev–Trinajstić information content (AvgIpc) is 2.78. The number of benzene rings is 1. The fourth-order valence-corrected chi connectivity index (χ4v) is 1.77. The maximum Gasteiger partial charge on any atom is 0.169 e. The molecule has 0 saturated carbocycles. The third-order valence-corrected chi connectivity index (χ3v) is 2.46. The molecule has 2 rings (SSSR count). The van der Waals surface area contributed by atoms with E-state index in [9.17, 15) is 5.11 Å². The van der Waals surface area contributed by atoms with Gasteiger partial charge in [-0.1, -0.05) is 15.9 Å². The molecule has 6 nitrogen and oxygen atoms in total. The van der Waals surface area contributed by atoms with Crippen LogP contribution in [0.3, 0.4) is 0 Å². The Morgan fingerprint density at radius 3 is 2.76 bits per heavy atom. The van der Waals surface area contributed by atoms with Crippen molar-refractivity contribution in [2.75, 3.05) is 7.11 Å². The van der Waals surface area contributed by atoms with Crippen LogP contribution >= 0.6 is 15.9 Å². The first-order valence-corrected chi connectivity index (χ1v) is 5.45. The van der Waals surface area contributed by atoms with E-state index in [4.69, 9.17) is 4.74 Å². The Balaban J connectivity index is 2.38. The second kappa shape index (κ2) is 4.96. The first kappa shape index (κ1) is 11.6. The summed E-state index contributed by atoms with van der Waals surface area (Å²) in [4.78, 5) is 0. The van der Waals surface area contributed by atoms with Gasteiger partial charge in [0.25, 0.3) is 0 Å². The number of methoxy groups -OCH3 is 1. The highest BCUT2D eigenvalue weighted by Gasteiger charge is 2.08. The van der Waals surface area contributed by atoms with Crippen LogP contribution in [0.2, 0.25) is 0 Å². The minimum absolute atomic E-state index is 0.0482. The molecular weight excluding hydrogens is 288 g/mol. The van der Waals surface area contributed by atoms with Crippen molar-refractivity contribution in [3.05, 3.63) is 34.8 Å². The summed E-state index contributed by atoms with van der Waals surface area (Å²) < 4.78 is 7.28. The van der Waals surface area contributed by atoms with Crippen molar-refractivity contribution >= 4 is 22.1 Å². The highest BCUT2D eigenvalue weighted by atomic mass is 79.9. The Bertz CT molecular complexity index is 539. The van der Waals surface area contributed by atoms with Gasteiger partial charge in [-0.3, -0.25) is 0 Å². The Morgan fingerprint density at radius 2 is 2.12 bits per heavy atom. The first-order valence-electron chi connectivity index (χ1n) is 4.66. The maximum absolute atomic E-state index is 9.68. The van der Waals surface area contributed by atoms with Gasteiger partial charge in [0.2, 0.25) is 0 Å². The predicted molar refractivity (Wildman–Crippen MR) is 65.4 cm³/mol. The lowest BCUT2D eigenvalue weighted by Gasteiger charge is -2.07. The fraction of sp³-hybridized carbons (Fsp3) is 0.100. The van der Waals surface area contributed by atoms with Crippen molar-refractivity contribution in [3.63, 3.8) is 0 Å². The molecule has 88 valence electrons. The van der Waals surface area contributed by atoms with Crippen LogP contribution in [0.25, 0.3) is 0 Å². The molecule has 0 saturated heterocycles. The summed E-state index contributed by atoms with van der Waals surface area (Å²) in [7, 11) is 1.49. The minimum Gasteiger partial charge on any atom is -0.504 e. The van der Waals surface area contributed by atoms with Gasteiger partial charge in [0, 0.05) is 10.0 Å². The molecule has 0 aliphatic heterocycles. The van der Waals surface area contributed by atoms with Gasteiger partial charge < -0.3 is 9.84 Å². The number of phenolic OH excluding ortho intramolecular Hbond substituents is 1.